The summed E-state index contributed by atoms with van der Waals surface area (Å²) in [7, 11) is 0. The van der Waals surface area contributed by atoms with Gasteiger partial charge in [-0.25, -0.2) is 4.98 Å². The lowest BCUT2D eigenvalue weighted by atomic mass is 9.88. The van der Waals surface area contributed by atoms with Gasteiger partial charge < -0.3 is 5.32 Å². The molecule has 2 heterocycles. The average Bonchev–Trinajstić information content (AvgIpc) is 3.45. The zero-order chi connectivity index (χ0) is 23.3. The number of halogens is 1. The first-order chi connectivity index (χ1) is 16.7. The van der Waals surface area contributed by atoms with Crippen LogP contribution < -0.4 is 5.32 Å². The number of nitrogens with one attached hydrogen (secondary N) is 1. The average molecular weight is 486 g/mol. The fourth-order valence-electron chi connectivity index (χ4n) is 4.20. The summed E-state index contributed by atoms with van der Waals surface area (Å²) in [6, 6.07) is 28.6. The maximum absolute atomic E-state index is 12.8. The molecule has 3 aromatic carbocycles. The molecule has 0 saturated heterocycles. The van der Waals surface area contributed by atoms with Crippen molar-refractivity contribution in [3.8, 4) is 11.3 Å². The van der Waals surface area contributed by atoms with Crippen LogP contribution in [0.3, 0.4) is 0 Å². The minimum absolute atomic E-state index is 0.0151. The number of carbonyl (C=O) groups is 1. The molecule has 0 spiro atoms. The summed E-state index contributed by atoms with van der Waals surface area (Å²) in [5.41, 5.74) is 5.33. The molecule has 0 atom stereocenters. The van der Waals surface area contributed by atoms with Gasteiger partial charge in [-0.15, -0.1) is 11.3 Å². The first-order valence-electron chi connectivity index (χ1n) is 11.3. The highest BCUT2D eigenvalue weighted by Gasteiger charge is 2.16. The van der Waals surface area contributed by atoms with Crippen LogP contribution in [0, 0.1) is 0 Å². The highest BCUT2D eigenvalue weighted by atomic mass is 35.5. The second-order valence-corrected chi connectivity index (χ2v) is 9.47. The van der Waals surface area contributed by atoms with E-state index in [0.717, 1.165) is 28.3 Å². The smallest absolute Gasteiger partial charge is 0.225 e. The Balaban J connectivity index is 1.24. The standard InChI is InChI=1S/C28H24ClN3OS/c29-23-13-11-22(12-14-23)26-18-32-24(19-34-28(32)31-26)17-27(33)30-16-15-25(20-7-3-1-4-8-20)21-9-5-2-6-10-21/h1-14,18-19,25H,15-17H2,(H,30,33). The second kappa shape index (κ2) is 10.2. The van der Waals surface area contributed by atoms with E-state index < -0.39 is 0 Å². The van der Waals surface area contributed by atoms with Crippen molar-refractivity contribution in [2.45, 2.75) is 18.8 Å². The van der Waals surface area contributed by atoms with Crippen LogP contribution in [-0.2, 0) is 11.2 Å². The lowest BCUT2D eigenvalue weighted by molar-refractivity contribution is -0.120. The van der Waals surface area contributed by atoms with Crippen LogP contribution in [0.15, 0.2) is 96.5 Å². The van der Waals surface area contributed by atoms with Crippen molar-refractivity contribution in [3.63, 3.8) is 0 Å². The fraction of sp³-hybridized carbons (Fsp3) is 0.143. The molecule has 1 amide bonds. The Morgan fingerprint density at radius 3 is 2.24 bits per heavy atom. The largest absolute Gasteiger partial charge is 0.356 e. The van der Waals surface area contributed by atoms with Crippen LogP contribution in [0.25, 0.3) is 16.2 Å². The van der Waals surface area contributed by atoms with E-state index in [4.69, 9.17) is 16.6 Å². The van der Waals surface area contributed by atoms with Crippen molar-refractivity contribution in [1.29, 1.82) is 0 Å². The Labute approximate surface area is 207 Å². The first kappa shape index (κ1) is 22.4. The number of fused-ring (bicyclic) bond motifs is 1. The van der Waals surface area contributed by atoms with E-state index >= 15 is 0 Å². The molecule has 0 aliphatic carbocycles. The van der Waals surface area contributed by atoms with Crippen LogP contribution in [-0.4, -0.2) is 21.8 Å². The predicted molar refractivity (Wildman–Crippen MR) is 140 cm³/mol. The Bertz CT molecular complexity index is 1340. The van der Waals surface area contributed by atoms with Crippen LogP contribution in [0.2, 0.25) is 5.02 Å². The Morgan fingerprint density at radius 2 is 1.59 bits per heavy atom. The minimum atomic E-state index is 0.0151. The highest BCUT2D eigenvalue weighted by Crippen LogP contribution is 2.28. The quantitative estimate of drug-likeness (QED) is 0.269. The topological polar surface area (TPSA) is 46.4 Å². The van der Waals surface area contributed by atoms with Crippen molar-refractivity contribution in [3.05, 3.63) is 118 Å². The molecular weight excluding hydrogens is 462 g/mol. The van der Waals surface area contributed by atoms with Gasteiger partial charge in [-0.05, 0) is 29.7 Å². The molecule has 2 aromatic heterocycles. The Hall–Kier alpha value is -3.41. The van der Waals surface area contributed by atoms with E-state index in [1.807, 2.05) is 52.4 Å². The van der Waals surface area contributed by atoms with E-state index in [0.29, 0.717) is 18.0 Å². The molecule has 5 aromatic rings. The maximum atomic E-state index is 12.8. The normalized spacial score (nSPS) is 11.2. The van der Waals surface area contributed by atoms with Crippen molar-refractivity contribution >= 4 is 33.8 Å². The molecule has 0 radical (unpaired) electrons. The van der Waals surface area contributed by atoms with Gasteiger partial charge in [-0.2, -0.15) is 0 Å². The van der Waals surface area contributed by atoms with Gasteiger partial charge in [-0.1, -0.05) is 84.4 Å². The van der Waals surface area contributed by atoms with E-state index in [1.165, 1.54) is 11.1 Å². The van der Waals surface area contributed by atoms with Gasteiger partial charge in [0, 0.05) is 40.3 Å². The number of rotatable bonds is 8. The number of hydrogen-bond acceptors (Lipinski definition) is 3. The molecule has 4 nitrogen and oxygen atoms in total. The highest BCUT2D eigenvalue weighted by molar-refractivity contribution is 7.15. The third-order valence-corrected chi connectivity index (χ3v) is 7.06. The van der Waals surface area contributed by atoms with Gasteiger partial charge in [0.1, 0.15) is 0 Å². The minimum Gasteiger partial charge on any atom is -0.356 e. The van der Waals surface area contributed by atoms with Crippen molar-refractivity contribution in [2.24, 2.45) is 0 Å². The van der Waals surface area contributed by atoms with Crippen LogP contribution in [0.4, 0.5) is 0 Å². The summed E-state index contributed by atoms with van der Waals surface area (Å²) in [4.78, 5) is 18.3. The zero-order valence-electron chi connectivity index (χ0n) is 18.5. The molecular formula is C28H24ClN3OS. The molecule has 6 heteroatoms. The van der Waals surface area contributed by atoms with Crippen LogP contribution in [0.5, 0.6) is 0 Å². The summed E-state index contributed by atoms with van der Waals surface area (Å²) in [6.07, 6.45) is 3.14. The number of nitrogens with zero attached hydrogens (tertiary/aromatic N) is 2. The van der Waals surface area contributed by atoms with Crippen molar-refractivity contribution < 1.29 is 4.79 Å². The van der Waals surface area contributed by atoms with Crippen LogP contribution in [0.1, 0.15) is 29.2 Å². The maximum Gasteiger partial charge on any atom is 0.225 e. The number of aromatic nitrogens is 2. The lowest BCUT2D eigenvalue weighted by Gasteiger charge is -2.18. The molecule has 0 bridgehead atoms. The second-order valence-electron chi connectivity index (χ2n) is 8.20. The number of thiazole rings is 1. The molecule has 0 unspecified atom stereocenters. The summed E-state index contributed by atoms with van der Waals surface area (Å²) in [5.74, 6) is 0.257. The van der Waals surface area contributed by atoms with E-state index in [-0.39, 0.29) is 11.8 Å². The lowest BCUT2D eigenvalue weighted by Crippen LogP contribution is -2.27. The molecule has 1 N–H and O–H groups in total. The molecule has 34 heavy (non-hydrogen) atoms. The number of imidazole rings is 1. The first-order valence-corrected chi connectivity index (χ1v) is 12.5. The third kappa shape index (κ3) is 5.06. The monoisotopic (exact) mass is 485 g/mol. The third-order valence-electron chi connectivity index (χ3n) is 5.92. The Morgan fingerprint density at radius 1 is 0.941 bits per heavy atom. The molecule has 5 rings (SSSR count). The molecule has 0 aliphatic rings. The molecule has 0 fully saturated rings. The number of hydrogen-bond donors (Lipinski definition) is 1. The van der Waals surface area contributed by atoms with E-state index in [9.17, 15) is 4.79 Å². The predicted octanol–water partition coefficient (Wildman–Crippen LogP) is 6.60. The fourth-order valence-corrected chi connectivity index (χ4v) is 5.19. The van der Waals surface area contributed by atoms with Gasteiger partial charge in [0.25, 0.3) is 0 Å². The summed E-state index contributed by atoms with van der Waals surface area (Å²) in [6.45, 7) is 0.612. The van der Waals surface area contributed by atoms with E-state index in [2.05, 4.69) is 53.8 Å². The van der Waals surface area contributed by atoms with Crippen LogP contribution >= 0.6 is 22.9 Å². The molecule has 0 aliphatic heterocycles. The molecule has 0 saturated carbocycles. The van der Waals surface area contributed by atoms with Gasteiger partial charge in [0.15, 0.2) is 4.96 Å². The summed E-state index contributed by atoms with van der Waals surface area (Å²) >= 11 is 7.55. The Kier molecular flexibility index (Phi) is 6.74. The summed E-state index contributed by atoms with van der Waals surface area (Å²) in [5, 5.41) is 5.82. The number of amides is 1. The van der Waals surface area contributed by atoms with Crippen molar-refractivity contribution in [2.75, 3.05) is 6.54 Å². The zero-order valence-corrected chi connectivity index (χ0v) is 20.1. The van der Waals surface area contributed by atoms with Crippen molar-refractivity contribution in [1.82, 2.24) is 14.7 Å². The molecule has 170 valence electrons. The number of carbonyl (C=O) groups excluding carboxylic acids is 1. The van der Waals surface area contributed by atoms with Gasteiger partial charge in [0.05, 0.1) is 12.1 Å². The summed E-state index contributed by atoms with van der Waals surface area (Å²) < 4.78 is 2.00. The number of benzene rings is 3. The van der Waals surface area contributed by atoms with Gasteiger partial charge in [0.2, 0.25) is 5.91 Å². The van der Waals surface area contributed by atoms with E-state index in [1.54, 1.807) is 11.3 Å². The SMILES string of the molecule is O=C(Cc1csc2nc(-c3ccc(Cl)cc3)cn12)NCCC(c1ccccc1)c1ccccc1. The van der Waals surface area contributed by atoms with Gasteiger partial charge in [-0.3, -0.25) is 9.20 Å². The van der Waals surface area contributed by atoms with Gasteiger partial charge >= 0.3 is 0 Å².